The Balaban J connectivity index is 0.000000134. The second-order valence-corrected chi connectivity index (χ2v) is 6.43. The Morgan fingerprint density at radius 2 is 0.633 bits per heavy atom. The number of pyridine rings is 4. The number of carbonyl (C=O) groups is 1. The van der Waals surface area contributed by atoms with E-state index in [1.54, 1.807) is 24.8 Å². The van der Waals surface area contributed by atoms with Crippen LogP contribution in [0.25, 0.3) is 43.6 Å². The molecule has 0 aliphatic rings. The molecule has 4 heterocycles. The first kappa shape index (κ1) is 19.1. The van der Waals surface area contributed by atoms with Gasteiger partial charge in [0.2, 0.25) is 0 Å². The number of benzene rings is 2. The van der Waals surface area contributed by atoms with E-state index < -0.39 is 0 Å². The summed E-state index contributed by atoms with van der Waals surface area (Å²) in [7, 11) is 0. The van der Waals surface area contributed by atoms with Gasteiger partial charge in [-0.15, -0.1) is 0 Å². The van der Waals surface area contributed by atoms with Crippen molar-refractivity contribution in [2.75, 3.05) is 0 Å². The SMILES string of the molecule is C=O.c1cnc2c(c1)ccc1cccnc12.c1cnc2c(c1)ccc1cccnc12. The molecule has 0 atom stereocenters. The van der Waals surface area contributed by atoms with Gasteiger partial charge in [-0.2, -0.15) is 0 Å². The van der Waals surface area contributed by atoms with Crippen LogP contribution in [0.4, 0.5) is 0 Å². The fourth-order valence-electron chi connectivity index (χ4n) is 3.36. The molecule has 0 aliphatic heterocycles. The summed E-state index contributed by atoms with van der Waals surface area (Å²) in [4.78, 5) is 25.4. The van der Waals surface area contributed by atoms with E-state index in [9.17, 15) is 0 Å². The molecule has 5 nitrogen and oxygen atoms in total. The predicted molar refractivity (Wildman–Crippen MR) is 121 cm³/mol. The molecule has 30 heavy (non-hydrogen) atoms. The Hall–Kier alpha value is -4.25. The minimum absolute atomic E-state index is 0.977. The summed E-state index contributed by atoms with van der Waals surface area (Å²) in [5.74, 6) is 0. The second kappa shape index (κ2) is 8.84. The normalized spacial score (nSPS) is 10.3. The number of rotatable bonds is 0. The van der Waals surface area contributed by atoms with Gasteiger partial charge in [0.05, 0.1) is 22.1 Å². The topological polar surface area (TPSA) is 68.6 Å². The van der Waals surface area contributed by atoms with Crippen LogP contribution in [-0.2, 0) is 4.79 Å². The highest BCUT2D eigenvalue weighted by atomic mass is 16.1. The van der Waals surface area contributed by atoms with Gasteiger partial charge >= 0.3 is 0 Å². The number of hydrogen-bond acceptors (Lipinski definition) is 5. The zero-order valence-electron chi connectivity index (χ0n) is 16.1. The fourth-order valence-corrected chi connectivity index (χ4v) is 3.36. The van der Waals surface area contributed by atoms with E-state index >= 15 is 0 Å². The van der Waals surface area contributed by atoms with Crippen molar-refractivity contribution >= 4 is 50.4 Å². The molecule has 0 unspecified atom stereocenters. The Labute approximate surface area is 173 Å². The van der Waals surface area contributed by atoms with Crippen LogP contribution in [0.15, 0.2) is 97.6 Å². The van der Waals surface area contributed by atoms with Crippen LogP contribution in [0.3, 0.4) is 0 Å². The van der Waals surface area contributed by atoms with Crippen molar-refractivity contribution in [3.63, 3.8) is 0 Å². The summed E-state index contributed by atoms with van der Waals surface area (Å²) in [5, 5.41) is 4.55. The van der Waals surface area contributed by atoms with Crippen LogP contribution in [-0.4, -0.2) is 26.7 Å². The molecule has 0 aliphatic carbocycles. The molecule has 5 heteroatoms. The lowest BCUT2D eigenvalue weighted by molar-refractivity contribution is -0.0979. The smallest absolute Gasteiger partial charge is 0.106 e. The van der Waals surface area contributed by atoms with Gasteiger partial charge in [0, 0.05) is 46.3 Å². The summed E-state index contributed by atoms with van der Waals surface area (Å²) < 4.78 is 0. The highest BCUT2D eigenvalue weighted by Crippen LogP contribution is 2.21. The van der Waals surface area contributed by atoms with E-state index in [4.69, 9.17) is 4.79 Å². The molecule has 0 radical (unpaired) electrons. The first-order valence-electron chi connectivity index (χ1n) is 9.36. The number of aromatic nitrogens is 4. The average Bonchev–Trinajstić information content (AvgIpc) is 2.85. The third-order valence-corrected chi connectivity index (χ3v) is 4.69. The Bertz CT molecular complexity index is 1230. The second-order valence-electron chi connectivity index (χ2n) is 6.43. The Morgan fingerprint density at radius 3 is 0.867 bits per heavy atom. The van der Waals surface area contributed by atoms with Gasteiger partial charge in [0.25, 0.3) is 0 Å². The first-order chi connectivity index (χ1) is 14.9. The van der Waals surface area contributed by atoms with E-state index in [0.717, 1.165) is 43.6 Å². The molecule has 0 amide bonds. The maximum atomic E-state index is 8.00. The molecule has 0 spiro atoms. The summed E-state index contributed by atoms with van der Waals surface area (Å²) in [5.41, 5.74) is 3.91. The van der Waals surface area contributed by atoms with Gasteiger partial charge in [-0.25, -0.2) is 0 Å². The lowest BCUT2D eigenvalue weighted by Crippen LogP contribution is -1.83. The predicted octanol–water partition coefficient (Wildman–Crippen LogP) is 5.38. The van der Waals surface area contributed by atoms with Crippen molar-refractivity contribution in [1.29, 1.82) is 0 Å². The van der Waals surface area contributed by atoms with Crippen LogP contribution in [0, 0.1) is 0 Å². The molecule has 0 bridgehead atoms. The van der Waals surface area contributed by atoms with Gasteiger partial charge in [-0.1, -0.05) is 48.5 Å². The average molecular weight is 390 g/mol. The summed E-state index contributed by atoms with van der Waals surface area (Å²) in [6, 6.07) is 24.3. The molecule has 0 fully saturated rings. The molecule has 2 aromatic carbocycles. The maximum absolute atomic E-state index is 8.00. The summed E-state index contributed by atoms with van der Waals surface area (Å²) >= 11 is 0. The van der Waals surface area contributed by atoms with E-state index in [1.807, 2.05) is 31.1 Å². The third kappa shape index (κ3) is 3.69. The molecule has 0 N–H and O–H groups in total. The van der Waals surface area contributed by atoms with Crippen molar-refractivity contribution in [2.24, 2.45) is 0 Å². The minimum atomic E-state index is 0.977. The Kier molecular flexibility index (Phi) is 5.62. The lowest BCUT2D eigenvalue weighted by atomic mass is 10.1. The molecule has 0 saturated carbocycles. The van der Waals surface area contributed by atoms with Crippen LogP contribution < -0.4 is 0 Å². The van der Waals surface area contributed by atoms with E-state index in [0.29, 0.717) is 0 Å². The van der Waals surface area contributed by atoms with Gasteiger partial charge in [0.15, 0.2) is 0 Å². The number of hydrogen-bond donors (Lipinski definition) is 0. The van der Waals surface area contributed by atoms with Gasteiger partial charge < -0.3 is 4.79 Å². The van der Waals surface area contributed by atoms with Gasteiger partial charge in [-0.05, 0) is 24.3 Å². The van der Waals surface area contributed by atoms with Crippen molar-refractivity contribution in [1.82, 2.24) is 19.9 Å². The quantitative estimate of drug-likeness (QED) is 0.326. The van der Waals surface area contributed by atoms with Crippen molar-refractivity contribution in [3.05, 3.63) is 97.6 Å². The van der Waals surface area contributed by atoms with Crippen LogP contribution in [0.2, 0.25) is 0 Å². The standard InChI is InChI=1S/2C12H8N2.CH2O/c2*1-3-9-5-6-10-4-2-8-14-12(10)11(9)13-7-1;1-2/h2*1-8H;1H2. The highest BCUT2D eigenvalue weighted by Gasteiger charge is 2.01. The molecular formula is C25H18N4O. The van der Waals surface area contributed by atoms with Crippen molar-refractivity contribution in [3.8, 4) is 0 Å². The van der Waals surface area contributed by atoms with Crippen LogP contribution >= 0.6 is 0 Å². The first-order valence-corrected chi connectivity index (χ1v) is 9.36. The number of fused-ring (bicyclic) bond motifs is 6. The fraction of sp³-hybridized carbons (Fsp3) is 0. The molecule has 6 aromatic rings. The van der Waals surface area contributed by atoms with Crippen LogP contribution in [0.5, 0.6) is 0 Å². The maximum Gasteiger partial charge on any atom is 0.106 e. The highest BCUT2D eigenvalue weighted by molar-refractivity contribution is 6.03. The molecule has 144 valence electrons. The van der Waals surface area contributed by atoms with Crippen LogP contribution in [0.1, 0.15) is 0 Å². The zero-order valence-corrected chi connectivity index (χ0v) is 16.1. The summed E-state index contributed by atoms with van der Waals surface area (Å²) in [6.45, 7) is 2.00. The van der Waals surface area contributed by atoms with E-state index in [1.165, 1.54) is 0 Å². The van der Waals surface area contributed by atoms with Crippen molar-refractivity contribution < 1.29 is 4.79 Å². The van der Waals surface area contributed by atoms with Gasteiger partial charge in [-0.3, -0.25) is 19.9 Å². The van der Waals surface area contributed by atoms with E-state index in [-0.39, 0.29) is 0 Å². The number of carbonyl (C=O) groups excluding carboxylic acids is 1. The summed E-state index contributed by atoms with van der Waals surface area (Å²) in [6.07, 6.45) is 7.21. The largest absolute Gasteiger partial charge is 0.307 e. The molecule has 0 saturated heterocycles. The molecular weight excluding hydrogens is 372 g/mol. The third-order valence-electron chi connectivity index (χ3n) is 4.69. The van der Waals surface area contributed by atoms with Gasteiger partial charge in [0.1, 0.15) is 6.79 Å². The molecule has 6 rings (SSSR count). The Morgan fingerprint density at radius 1 is 0.400 bits per heavy atom. The number of nitrogens with zero attached hydrogens (tertiary/aromatic N) is 4. The minimum Gasteiger partial charge on any atom is -0.307 e. The molecule has 4 aromatic heterocycles. The monoisotopic (exact) mass is 390 g/mol. The zero-order chi connectivity index (χ0) is 20.8. The van der Waals surface area contributed by atoms with E-state index in [2.05, 4.69) is 68.5 Å². The van der Waals surface area contributed by atoms with Crippen molar-refractivity contribution in [2.45, 2.75) is 0 Å². The lowest BCUT2D eigenvalue weighted by Gasteiger charge is -2.00.